The van der Waals surface area contributed by atoms with Crippen molar-refractivity contribution in [3.05, 3.63) is 70.8 Å². The molecule has 126 valence electrons. The molecule has 0 bridgehead atoms. The minimum Gasteiger partial charge on any atom is -0.396 e. The summed E-state index contributed by atoms with van der Waals surface area (Å²) in [5, 5.41) is 8.07. The quantitative estimate of drug-likeness (QED) is 0.692. The molecule has 0 amide bonds. The van der Waals surface area contributed by atoms with Crippen molar-refractivity contribution in [2.24, 2.45) is 0 Å². The third-order valence-electron chi connectivity index (χ3n) is 3.98. The molecule has 1 nitrogen and oxygen atoms in total. The van der Waals surface area contributed by atoms with E-state index in [0.29, 0.717) is 12.5 Å². The standard InChI is InChI=1S/C18H22.C4H10O/c1-4-7-18(16-10-5-8-14(2)12-16)17-11-6-9-15(3)13-17;1-2-3-4-5/h5-6,8-13,18H,4,7H2,1-3H3;5H,2-4H2,1H3. The van der Waals surface area contributed by atoms with Crippen molar-refractivity contribution < 1.29 is 5.11 Å². The Kier molecular flexibility index (Phi) is 9.31. The normalized spacial score (nSPS) is 10.3. The van der Waals surface area contributed by atoms with Crippen LogP contribution >= 0.6 is 0 Å². The average Bonchev–Trinajstić information content (AvgIpc) is 2.54. The Balaban J connectivity index is 0.000000463. The molecule has 1 N–H and O–H groups in total. The van der Waals surface area contributed by atoms with Crippen molar-refractivity contribution in [3.63, 3.8) is 0 Å². The molecular formula is C22H32O. The van der Waals surface area contributed by atoms with Crippen LogP contribution in [0.3, 0.4) is 0 Å². The zero-order valence-electron chi connectivity index (χ0n) is 15.2. The highest BCUT2D eigenvalue weighted by molar-refractivity contribution is 5.36. The molecular weight excluding hydrogens is 280 g/mol. The van der Waals surface area contributed by atoms with Gasteiger partial charge in [-0.2, -0.15) is 0 Å². The second-order valence-corrected chi connectivity index (χ2v) is 6.25. The van der Waals surface area contributed by atoms with E-state index < -0.39 is 0 Å². The van der Waals surface area contributed by atoms with E-state index in [2.05, 4.69) is 76.2 Å². The molecule has 2 aromatic carbocycles. The molecule has 0 saturated heterocycles. The molecule has 0 spiro atoms. The Morgan fingerprint density at radius 1 is 0.826 bits per heavy atom. The molecule has 0 aliphatic rings. The van der Waals surface area contributed by atoms with E-state index >= 15 is 0 Å². The van der Waals surface area contributed by atoms with E-state index in [4.69, 9.17) is 5.11 Å². The summed E-state index contributed by atoms with van der Waals surface area (Å²) in [5.74, 6) is 0.537. The van der Waals surface area contributed by atoms with Crippen LogP contribution in [0.25, 0.3) is 0 Å². The molecule has 0 unspecified atom stereocenters. The highest BCUT2D eigenvalue weighted by Crippen LogP contribution is 2.30. The summed E-state index contributed by atoms with van der Waals surface area (Å²) in [7, 11) is 0. The predicted molar refractivity (Wildman–Crippen MR) is 101 cm³/mol. The zero-order valence-corrected chi connectivity index (χ0v) is 15.2. The maximum Gasteiger partial charge on any atom is 0.0430 e. The van der Waals surface area contributed by atoms with E-state index in [0.717, 1.165) is 12.8 Å². The first-order valence-electron chi connectivity index (χ1n) is 8.86. The van der Waals surface area contributed by atoms with Crippen molar-refractivity contribution >= 4 is 0 Å². The lowest BCUT2D eigenvalue weighted by molar-refractivity contribution is 0.287. The molecule has 0 aromatic heterocycles. The van der Waals surface area contributed by atoms with Gasteiger partial charge in [-0.25, -0.2) is 0 Å². The molecule has 2 aromatic rings. The Morgan fingerprint density at radius 3 is 1.65 bits per heavy atom. The number of aliphatic hydroxyl groups excluding tert-OH is 1. The van der Waals surface area contributed by atoms with Crippen LogP contribution in [0.4, 0.5) is 0 Å². The summed E-state index contributed by atoms with van der Waals surface area (Å²) in [6.45, 7) is 9.00. The molecule has 0 aliphatic heterocycles. The van der Waals surface area contributed by atoms with Gasteiger partial charge in [0, 0.05) is 12.5 Å². The van der Waals surface area contributed by atoms with Gasteiger partial charge in [0.1, 0.15) is 0 Å². The number of hydrogen-bond donors (Lipinski definition) is 1. The van der Waals surface area contributed by atoms with Gasteiger partial charge in [-0.15, -0.1) is 0 Å². The third kappa shape index (κ3) is 7.00. The highest BCUT2D eigenvalue weighted by atomic mass is 16.2. The van der Waals surface area contributed by atoms with E-state index in [-0.39, 0.29) is 0 Å². The van der Waals surface area contributed by atoms with Crippen molar-refractivity contribution in [1.82, 2.24) is 0 Å². The monoisotopic (exact) mass is 312 g/mol. The van der Waals surface area contributed by atoms with E-state index in [1.54, 1.807) is 0 Å². The van der Waals surface area contributed by atoms with Gasteiger partial charge in [0.2, 0.25) is 0 Å². The first-order chi connectivity index (χ1) is 11.1. The molecule has 0 aliphatic carbocycles. The van der Waals surface area contributed by atoms with Gasteiger partial charge >= 0.3 is 0 Å². The number of aryl methyl sites for hydroxylation is 2. The summed E-state index contributed by atoms with van der Waals surface area (Å²) < 4.78 is 0. The maximum atomic E-state index is 8.07. The fourth-order valence-electron chi connectivity index (χ4n) is 2.75. The number of aliphatic hydroxyl groups is 1. The average molecular weight is 312 g/mol. The van der Waals surface area contributed by atoms with Crippen LogP contribution in [-0.2, 0) is 0 Å². The Morgan fingerprint density at radius 2 is 1.35 bits per heavy atom. The molecule has 0 radical (unpaired) electrons. The van der Waals surface area contributed by atoms with Crippen molar-refractivity contribution in [3.8, 4) is 0 Å². The van der Waals surface area contributed by atoms with Crippen molar-refractivity contribution in [2.45, 2.75) is 59.3 Å². The van der Waals surface area contributed by atoms with E-state index in [9.17, 15) is 0 Å². The summed E-state index contributed by atoms with van der Waals surface area (Å²) in [5.41, 5.74) is 5.59. The lowest BCUT2D eigenvalue weighted by Gasteiger charge is -2.18. The molecule has 1 heteroatoms. The summed E-state index contributed by atoms with van der Waals surface area (Å²) in [6.07, 6.45) is 4.47. The Bertz CT molecular complexity index is 512. The Hall–Kier alpha value is -1.60. The van der Waals surface area contributed by atoms with E-state index in [1.807, 2.05) is 0 Å². The summed E-state index contributed by atoms with van der Waals surface area (Å²) >= 11 is 0. The molecule has 23 heavy (non-hydrogen) atoms. The van der Waals surface area contributed by atoms with Crippen LogP contribution in [-0.4, -0.2) is 11.7 Å². The second-order valence-electron chi connectivity index (χ2n) is 6.25. The highest BCUT2D eigenvalue weighted by Gasteiger charge is 2.13. The Labute approximate surface area is 142 Å². The topological polar surface area (TPSA) is 20.2 Å². The van der Waals surface area contributed by atoms with Gasteiger partial charge in [0.25, 0.3) is 0 Å². The van der Waals surface area contributed by atoms with Crippen LogP contribution in [0.5, 0.6) is 0 Å². The van der Waals surface area contributed by atoms with Gasteiger partial charge in [-0.05, 0) is 37.8 Å². The van der Waals surface area contributed by atoms with E-state index in [1.165, 1.54) is 35.1 Å². The number of hydrogen-bond acceptors (Lipinski definition) is 1. The smallest absolute Gasteiger partial charge is 0.0430 e. The van der Waals surface area contributed by atoms with Gasteiger partial charge < -0.3 is 5.11 Å². The van der Waals surface area contributed by atoms with Gasteiger partial charge in [0.15, 0.2) is 0 Å². The predicted octanol–water partition coefficient (Wildman–Crippen LogP) is 6.01. The summed E-state index contributed by atoms with van der Waals surface area (Å²) in [4.78, 5) is 0. The maximum absolute atomic E-state index is 8.07. The zero-order chi connectivity index (χ0) is 17.1. The fourth-order valence-corrected chi connectivity index (χ4v) is 2.75. The van der Waals surface area contributed by atoms with Crippen LogP contribution in [0.1, 0.15) is 67.7 Å². The van der Waals surface area contributed by atoms with Crippen LogP contribution in [0.15, 0.2) is 48.5 Å². The summed E-state index contributed by atoms with van der Waals surface area (Å²) in [6, 6.07) is 17.8. The molecule has 0 fully saturated rings. The van der Waals surface area contributed by atoms with Crippen molar-refractivity contribution in [1.29, 1.82) is 0 Å². The van der Waals surface area contributed by atoms with Crippen molar-refractivity contribution in [2.75, 3.05) is 6.61 Å². The van der Waals surface area contributed by atoms with Gasteiger partial charge in [0.05, 0.1) is 0 Å². The van der Waals surface area contributed by atoms with Gasteiger partial charge in [-0.1, -0.05) is 86.3 Å². The number of unbranched alkanes of at least 4 members (excludes halogenated alkanes) is 1. The third-order valence-corrected chi connectivity index (χ3v) is 3.98. The van der Waals surface area contributed by atoms with Crippen LogP contribution < -0.4 is 0 Å². The van der Waals surface area contributed by atoms with Crippen LogP contribution in [0.2, 0.25) is 0 Å². The lowest BCUT2D eigenvalue weighted by Crippen LogP contribution is -2.01. The van der Waals surface area contributed by atoms with Gasteiger partial charge in [-0.3, -0.25) is 0 Å². The second kappa shape index (κ2) is 11.0. The lowest BCUT2D eigenvalue weighted by atomic mass is 9.86. The molecule has 0 atom stereocenters. The fraction of sp³-hybridized carbons (Fsp3) is 0.455. The molecule has 2 rings (SSSR count). The number of rotatable bonds is 6. The minimum atomic E-state index is 0.344. The molecule has 0 heterocycles. The minimum absolute atomic E-state index is 0.344. The first kappa shape index (κ1) is 19.4. The first-order valence-corrected chi connectivity index (χ1v) is 8.86. The van der Waals surface area contributed by atoms with Crippen LogP contribution in [0, 0.1) is 13.8 Å². The number of benzene rings is 2. The SMILES string of the molecule is CCCC(c1cccc(C)c1)c1cccc(C)c1.CCCCO. The largest absolute Gasteiger partial charge is 0.396 e. The molecule has 0 saturated carbocycles.